The third-order valence-corrected chi connectivity index (χ3v) is 2.83. The molecular weight excluding hydrogens is 250 g/mol. The fourth-order valence-electron chi connectivity index (χ4n) is 1.68. The minimum atomic E-state index is -0.188. The highest BCUT2D eigenvalue weighted by Gasteiger charge is 2.00. The third kappa shape index (κ3) is 4.25. The number of methoxy groups -OCH3 is 1. The van der Waals surface area contributed by atoms with E-state index in [4.69, 9.17) is 0 Å². The fourth-order valence-corrected chi connectivity index (χ4v) is 1.68. The van der Waals surface area contributed by atoms with Crippen molar-refractivity contribution < 1.29 is 9.53 Å². The quantitative estimate of drug-likeness (QED) is 0.632. The van der Waals surface area contributed by atoms with E-state index >= 15 is 0 Å². The molecule has 0 saturated carbocycles. The minimum absolute atomic E-state index is 0.188. The van der Waals surface area contributed by atoms with E-state index in [0.29, 0.717) is 12.8 Å². The fraction of sp³-hybridized carbons (Fsp3) is 0.176. The SMILES string of the molecule is COC(=O)CCc1ccc(C#Cc2ccncc2)cc1. The van der Waals surface area contributed by atoms with Crippen molar-refractivity contribution in [3.05, 3.63) is 65.5 Å². The predicted molar refractivity (Wildman–Crippen MR) is 77.0 cm³/mol. The van der Waals surface area contributed by atoms with Crippen molar-refractivity contribution in [1.29, 1.82) is 0 Å². The largest absolute Gasteiger partial charge is 0.469 e. The number of nitrogens with zero attached hydrogens (tertiary/aromatic N) is 1. The summed E-state index contributed by atoms with van der Waals surface area (Å²) in [6.45, 7) is 0. The van der Waals surface area contributed by atoms with E-state index < -0.39 is 0 Å². The summed E-state index contributed by atoms with van der Waals surface area (Å²) in [6.07, 6.45) is 4.53. The smallest absolute Gasteiger partial charge is 0.305 e. The lowest BCUT2D eigenvalue weighted by Crippen LogP contribution is -2.01. The van der Waals surface area contributed by atoms with Crippen molar-refractivity contribution in [3.8, 4) is 11.8 Å². The van der Waals surface area contributed by atoms with Crippen LogP contribution in [0.3, 0.4) is 0 Å². The molecule has 0 N–H and O–H groups in total. The van der Waals surface area contributed by atoms with Crippen LogP contribution in [0.2, 0.25) is 0 Å². The average Bonchev–Trinajstić information content (AvgIpc) is 2.52. The van der Waals surface area contributed by atoms with E-state index in [9.17, 15) is 4.79 Å². The summed E-state index contributed by atoms with van der Waals surface area (Å²) in [6, 6.07) is 11.6. The van der Waals surface area contributed by atoms with Crippen molar-refractivity contribution in [1.82, 2.24) is 4.98 Å². The second-order valence-corrected chi connectivity index (χ2v) is 4.26. The first-order valence-electron chi connectivity index (χ1n) is 6.36. The van der Waals surface area contributed by atoms with Crippen molar-refractivity contribution in [2.45, 2.75) is 12.8 Å². The van der Waals surface area contributed by atoms with Crippen LogP contribution in [-0.2, 0) is 16.0 Å². The molecule has 2 aromatic rings. The lowest BCUT2D eigenvalue weighted by Gasteiger charge is -2.00. The summed E-state index contributed by atoms with van der Waals surface area (Å²) in [5.74, 6) is 5.98. The van der Waals surface area contributed by atoms with Crippen LogP contribution in [-0.4, -0.2) is 18.1 Å². The summed E-state index contributed by atoms with van der Waals surface area (Å²) in [4.78, 5) is 15.0. The van der Waals surface area contributed by atoms with Gasteiger partial charge in [-0.1, -0.05) is 24.0 Å². The van der Waals surface area contributed by atoms with Crippen LogP contribution in [0.15, 0.2) is 48.8 Å². The van der Waals surface area contributed by atoms with Crippen LogP contribution in [0.1, 0.15) is 23.1 Å². The van der Waals surface area contributed by atoms with Gasteiger partial charge in [0.1, 0.15) is 0 Å². The molecule has 0 saturated heterocycles. The van der Waals surface area contributed by atoms with Crippen molar-refractivity contribution in [2.75, 3.05) is 7.11 Å². The molecule has 0 bridgehead atoms. The standard InChI is InChI=1S/C17H15NO2/c1-20-17(19)9-8-15-4-2-14(3-5-15)6-7-16-10-12-18-13-11-16/h2-5,10-13H,8-9H2,1H3. The number of pyridine rings is 1. The monoisotopic (exact) mass is 265 g/mol. The van der Waals surface area contributed by atoms with Crippen LogP contribution >= 0.6 is 0 Å². The Morgan fingerprint density at radius 1 is 1.05 bits per heavy atom. The maximum Gasteiger partial charge on any atom is 0.305 e. The highest BCUT2D eigenvalue weighted by molar-refractivity contribution is 5.69. The second-order valence-electron chi connectivity index (χ2n) is 4.26. The number of carbonyl (C=O) groups is 1. The Bertz CT molecular complexity index is 622. The number of ether oxygens (including phenoxy) is 1. The highest BCUT2D eigenvalue weighted by atomic mass is 16.5. The molecule has 0 unspecified atom stereocenters. The predicted octanol–water partition coefficient (Wildman–Crippen LogP) is 2.59. The van der Waals surface area contributed by atoms with Crippen LogP contribution in [0.5, 0.6) is 0 Å². The van der Waals surface area contributed by atoms with Crippen LogP contribution < -0.4 is 0 Å². The number of hydrogen-bond acceptors (Lipinski definition) is 3. The number of rotatable bonds is 3. The second kappa shape index (κ2) is 7.10. The highest BCUT2D eigenvalue weighted by Crippen LogP contribution is 2.07. The molecule has 0 aliphatic heterocycles. The Balaban J connectivity index is 1.98. The zero-order valence-corrected chi connectivity index (χ0v) is 11.3. The first-order chi connectivity index (χ1) is 9.78. The first-order valence-corrected chi connectivity index (χ1v) is 6.36. The molecule has 20 heavy (non-hydrogen) atoms. The van der Waals surface area contributed by atoms with Gasteiger partial charge >= 0.3 is 5.97 Å². The molecule has 100 valence electrons. The summed E-state index contributed by atoms with van der Waals surface area (Å²) in [5.41, 5.74) is 2.99. The molecule has 0 aliphatic rings. The average molecular weight is 265 g/mol. The maximum absolute atomic E-state index is 11.1. The molecule has 1 aromatic carbocycles. The van der Waals surface area contributed by atoms with Crippen LogP contribution in [0, 0.1) is 11.8 Å². The zero-order chi connectivity index (χ0) is 14.2. The summed E-state index contributed by atoms with van der Waals surface area (Å²) >= 11 is 0. The van der Waals surface area contributed by atoms with Gasteiger partial charge in [-0.2, -0.15) is 0 Å². The summed E-state index contributed by atoms with van der Waals surface area (Å²) in [7, 11) is 1.40. The molecule has 0 spiro atoms. The number of aromatic nitrogens is 1. The number of hydrogen-bond donors (Lipinski definition) is 0. The van der Waals surface area contributed by atoms with Gasteiger partial charge < -0.3 is 4.74 Å². The van der Waals surface area contributed by atoms with Crippen molar-refractivity contribution in [2.24, 2.45) is 0 Å². The van der Waals surface area contributed by atoms with Gasteiger partial charge in [-0.15, -0.1) is 0 Å². The lowest BCUT2D eigenvalue weighted by atomic mass is 10.1. The van der Waals surface area contributed by atoms with Crippen molar-refractivity contribution in [3.63, 3.8) is 0 Å². The molecule has 3 nitrogen and oxygen atoms in total. The van der Waals surface area contributed by atoms with E-state index in [2.05, 4.69) is 21.6 Å². The number of benzene rings is 1. The van der Waals surface area contributed by atoms with Gasteiger partial charge in [0.25, 0.3) is 0 Å². The Morgan fingerprint density at radius 2 is 1.65 bits per heavy atom. The van der Waals surface area contributed by atoms with Gasteiger partial charge in [-0.25, -0.2) is 0 Å². The van der Waals surface area contributed by atoms with Gasteiger partial charge in [0.2, 0.25) is 0 Å². The maximum atomic E-state index is 11.1. The first kappa shape index (κ1) is 13.8. The molecule has 0 fully saturated rings. The van der Waals surface area contributed by atoms with Gasteiger partial charge in [0.15, 0.2) is 0 Å². The molecule has 2 rings (SSSR count). The van der Waals surface area contributed by atoms with Crippen molar-refractivity contribution >= 4 is 5.97 Å². The molecule has 0 atom stereocenters. The number of esters is 1. The Labute approximate surface area is 118 Å². The Kier molecular flexibility index (Phi) is 4.91. The molecule has 3 heteroatoms. The van der Waals surface area contributed by atoms with E-state index in [-0.39, 0.29) is 5.97 Å². The Morgan fingerprint density at radius 3 is 2.25 bits per heavy atom. The molecule has 1 aromatic heterocycles. The molecule has 0 amide bonds. The topological polar surface area (TPSA) is 39.2 Å². The third-order valence-electron chi connectivity index (χ3n) is 2.83. The van der Waals surface area contributed by atoms with E-state index in [1.807, 2.05) is 36.4 Å². The number of aryl methyl sites for hydroxylation is 1. The molecule has 0 aliphatic carbocycles. The van der Waals surface area contributed by atoms with E-state index in [1.54, 1.807) is 12.4 Å². The molecule has 1 heterocycles. The van der Waals surface area contributed by atoms with Crippen LogP contribution in [0.4, 0.5) is 0 Å². The summed E-state index contributed by atoms with van der Waals surface area (Å²) < 4.78 is 4.62. The van der Waals surface area contributed by atoms with E-state index in [0.717, 1.165) is 16.7 Å². The van der Waals surface area contributed by atoms with Gasteiger partial charge in [0.05, 0.1) is 7.11 Å². The van der Waals surface area contributed by atoms with Gasteiger partial charge in [-0.05, 0) is 36.2 Å². The van der Waals surface area contributed by atoms with Crippen LogP contribution in [0.25, 0.3) is 0 Å². The van der Waals surface area contributed by atoms with E-state index in [1.165, 1.54) is 7.11 Å². The van der Waals surface area contributed by atoms with Gasteiger partial charge in [0, 0.05) is 29.9 Å². The zero-order valence-electron chi connectivity index (χ0n) is 11.3. The Hall–Kier alpha value is -2.60. The minimum Gasteiger partial charge on any atom is -0.469 e. The lowest BCUT2D eigenvalue weighted by molar-refractivity contribution is -0.140. The van der Waals surface area contributed by atoms with Gasteiger partial charge in [-0.3, -0.25) is 9.78 Å². The normalized spacial score (nSPS) is 9.45. The molecular formula is C17H15NO2. The number of carbonyl (C=O) groups excluding carboxylic acids is 1. The molecule has 0 radical (unpaired) electrons. The summed E-state index contributed by atoms with van der Waals surface area (Å²) in [5, 5.41) is 0.